The normalized spacial score (nSPS) is 10.7. The maximum Gasteiger partial charge on any atom is 0.341 e. The van der Waals surface area contributed by atoms with Crippen molar-refractivity contribution in [2.24, 2.45) is 5.92 Å². The fourth-order valence-corrected chi connectivity index (χ4v) is 1.72. The predicted molar refractivity (Wildman–Crippen MR) is 68.1 cm³/mol. The minimum atomic E-state index is -1.00. The molecule has 5 heteroatoms. The van der Waals surface area contributed by atoms with Crippen molar-refractivity contribution in [3.8, 4) is 5.88 Å². The van der Waals surface area contributed by atoms with Crippen molar-refractivity contribution in [1.29, 1.82) is 0 Å². The average Bonchev–Trinajstić information content (AvgIpc) is 2.34. The largest absolute Gasteiger partial charge is 0.477 e. The number of carboxylic acid groups (broad SMARTS) is 1. The topological polar surface area (TPSA) is 72.3 Å². The van der Waals surface area contributed by atoms with E-state index in [2.05, 4.69) is 10.2 Å². The number of aromatic carboxylic acids is 1. The van der Waals surface area contributed by atoms with Gasteiger partial charge >= 0.3 is 5.97 Å². The van der Waals surface area contributed by atoms with E-state index in [9.17, 15) is 9.90 Å². The van der Waals surface area contributed by atoms with Gasteiger partial charge in [-0.3, -0.25) is 0 Å². The molecule has 0 aliphatic heterocycles. The predicted octanol–water partition coefficient (Wildman–Crippen LogP) is 2.33. The summed E-state index contributed by atoms with van der Waals surface area (Å²) in [6, 6.07) is 0. The van der Waals surface area contributed by atoms with Gasteiger partial charge in [0.1, 0.15) is 5.56 Å². The molecule has 0 atom stereocenters. The van der Waals surface area contributed by atoms with E-state index in [4.69, 9.17) is 4.74 Å². The van der Waals surface area contributed by atoms with Crippen LogP contribution in [0.1, 0.15) is 49.3 Å². The maximum absolute atomic E-state index is 11.4. The first kappa shape index (κ1) is 14.4. The average molecular weight is 252 g/mol. The lowest BCUT2D eigenvalue weighted by Gasteiger charge is -2.13. The van der Waals surface area contributed by atoms with E-state index >= 15 is 0 Å². The smallest absolute Gasteiger partial charge is 0.341 e. The molecule has 1 aromatic rings. The lowest BCUT2D eigenvalue weighted by Crippen LogP contribution is -2.15. The zero-order valence-corrected chi connectivity index (χ0v) is 11.4. The third-order valence-electron chi connectivity index (χ3n) is 2.58. The number of hydrogen-bond acceptors (Lipinski definition) is 4. The van der Waals surface area contributed by atoms with Gasteiger partial charge in [0.2, 0.25) is 5.88 Å². The van der Waals surface area contributed by atoms with Crippen LogP contribution in [0.5, 0.6) is 5.88 Å². The summed E-state index contributed by atoms with van der Waals surface area (Å²) >= 11 is 0. The van der Waals surface area contributed by atoms with Crippen LogP contribution < -0.4 is 4.74 Å². The highest BCUT2D eigenvalue weighted by atomic mass is 16.5. The van der Waals surface area contributed by atoms with Gasteiger partial charge in [0.05, 0.1) is 12.3 Å². The molecule has 0 fully saturated rings. The summed E-state index contributed by atoms with van der Waals surface area (Å²) in [5.41, 5.74) is 1.61. The molecular weight excluding hydrogens is 232 g/mol. The van der Waals surface area contributed by atoms with Crippen LogP contribution in [-0.4, -0.2) is 27.9 Å². The summed E-state index contributed by atoms with van der Waals surface area (Å²) in [5.74, 6) is -0.565. The molecule has 1 rings (SSSR count). The minimum Gasteiger partial charge on any atom is -0.477 e. The maximum atomic E-state index is 11.4. The standard InChI is InChI=1S/C13H20N2O3/c1-5-9-10(6-2)14-15-12(11(9)13(16)17)18-7-8(3)4/h8H,5-7H2,1-4H3,(H,16,17). The number of nitrogens with zero attached hydrogens (tertiary/aromatic N) is 2. The summed E-state index contributed by atoms with van der Waals surface area (Å²) in [4.78, 5) is 11.4. The first-order valence-electron chi connectivity index (χ1n) is 6.25. The minimum absolute atomic E-state index is 0.130. The first-order valence-corrected chi connectivity index (χ1v) is 6.25. The fourth-order valence-electron chi connectivity index (χ4n) is 1.72. The molecule has 1 aromatic heterocycles. The molecule has 0 unspecified atom stereocenters. The Hall–Kier alpha value is -1.65. The number of hydrogen-bond donors (Lipinski definition) is 1. The Kier molecular flexibility index (Phi) is 5.07. The second-order valence-electron chi connectivity index (χ2n) is 4.52. The quantitative estimate of drug-likeness (QED) is 0.841. The molecule has 0 aliphatic carbocycles. The van der Waals surface area contributed by atoms with Crippen molar-refractivity contribution in [2.75, 3.05) is 6.61 Å². The molecular formula is C13H20N2O3. The van der Waals surface area contributed by atoms with E-state index in [-0.39, 0.29) is 11.4 Å². The molecule has 0 saturated carbocycles. The van der Waals surface area contributed by atoms with Crippen LogP contribution >= 0.6 is 0 Å². The Morgan fingerprint density at radius 2 is 1.94 bits per heavy atom. The third kappa shape index (κ3) is 3.18. The molecule has 5 nitrogen and oxygen atoms in total. The number of carbonyl (C=O) groups is 1. The van der Waals surface area contributed by atoms with Crippen LogP contribution in [0.2, 0.25) is 0 Å². The summed E-state index contributed by atoms with van der Waals surface area (Å²) in [7, 11) is 0. The van der Waals surface area contributed by atoms with E-state index in [0.717, 1.165) is 11.3 Å². The summed E-state index contributed by atoms with van der Waals surface area (Å²) in [6.45, 7) is 8.27. The zero-order valence-electron chi connectivity index (χ0n) is 11.4. The highest BCUT2D eigenvalue weighted by Gasteiger charge is 2.21. The molecule has 0 saturated heterocycles. The van der Waals surface area contributed by atoms with Crippen molar-refractivity contribution in [3.63, 3.8) is 0 Å². The van der Waals surface area contributed by atoms with Crippen molar-refractivity contribution in [2.45, 2.75) is 40.5 Å². The number of rotatable bonds is 6. The van der Waals surface area contributed by atoms with Crippen LogP contribution in [0.3, 0.4) is 0 Å². The van der Waals surface area contributed by atoms with Crippen LogP contribution in [0.25, 0.3) is 0 Å². The Morgan fingerprint density at radius 1 is 1.28 bits per heavy atom. The second-order valence-corrected chi connectivity index (χ2v) is 4.52. The second kappa shape index (κ2) is 6.33. The monoisotopic (exact) mass is 252 g/mol. The van der Waals surface area contributed by atoms with E-state index in [1.165, 1.54) is 0 Å². The van der Waals surface area contributed by atoms with E-state index in [1.807, 2.05) is 27.7 Å². The Morgan fingerprint density at radius 3 is 2.39 bits per heavy atom. The SMILES string of the molecule is CCc1nnc(OCC(C)C)c(C(=O)O)c1CC. The first-order chi connectivity index (χ1) is 8.51. The molecule has 1 heterocycles. The molecule has 1 N–H and O–H groups in total. The van der Waals surface area contributed by atoms with Gasteiger partial charge in [-0.15, -0.1) is 5.10 Å². The lowest BCUT2D eigenvalue weighted by atomic mass is 10.0. The zero-order chi connectivity index (χ0) is 13.7. The summed E-state index contributed by atoms with van der Waals surface area (Å²) in [5, 5.41) is 17.3. The lowest BCUT2D eigenvalue weighted by molar-refractivity contribution is 0.0688. The molecule has 100 valence electrons. The highest BCUT2D eigenvalue weighted by Crippen LogP contribution is 2.23. The van der Waals surface area contributed by atoms with Crippen molar-refractivity contribution in [1.82, 2.24) is 10.2 Å². The van der Waals surface area contributed by atoms with Gasteiger partial charge in [0.25, 0.3) is 0 Å². The van der Waals surface area contributed by atoms with Gasteiger partial charge in [-0.2, -0.15) is 5.10 Å². The van der Waals surface area contributed by atoms with E-state index in [0.29, 0.717) is 25.4 Å². The molecule has 0 bridgehead atoms. The number of aromatic nitrogens is 2. The molecule has 0 aliphatic rings. The van der Waals surface area contributed by atoms with Gasteiger partial charge in [-0.05, 0) is 24.3 Å². The summed E-state index contributed by atoms with van der Waals surface area (Å²) in [6.07, 6.45) is 1.28. The Balaban J connectivity index is 3.21. The van der Waals surface area contributed by atoms with Crippen molar-refractivity contribution < 1.29 is 14.6 Å². The summed E-state index contributed by atoms with van der Waals surface area (Å²) < 4.78 is 5.45. The van der Waals surface area contributed by atoms with Crippen LogP contribution in [0.4, 0.5) is 0 Å². The van der Waals surface area contributed by atoms with E-state index in [1.54, 1.807) is 0 Å². The molecule has 0 amide bonds. The molecule has 0 aromatic carbocycles. The van der Waals surface area contributed by atoms with E-state index < -0.39 is 5.97 Å². The van der Waals surface area contributed by atoms with Crippen molar-refractivity contribution >= 4 is 5.97 Å². The number of carboxylic acids is 1. The molecule has 0 radical (unpaired) electrons. The van der Waals surface area contributed by atoms with Crippen LogP contribution in [0, 0.1) is 5.92 Å². The van der Waals surface area contributed by atoms with Crippen LogP contribution in [-0.2, 0) is 12.8 Å². The van der Waals surface area contributed by atoms with Gasteiger partial charge in [-0.25, -0.2) is 4.79 Å². The van der Waals surface area contributed by atoms with Crippen LogP contribution in [0.15, 0.2) is 0 Å². The number of aryl methyl sites for hydroxylation is 1. The van der Waals surface area contributed by atoms with Gasteiger partial charge in [0, 0.05) is 0 Å². The molecule has 0 spiro atoms. The van der Waals surface area contributed by atoms with Crippen molar-refractivity contribution in [3.05, 3.63) is 16.8 Å². The van der Waals surface area contributed by atoms with Gasteiger partial charge < -0.3 is 9.84 Å². The Bertz CT molecular complexity index is 430. The fraction of sp³-hybridized carbons (Fsp3) is 0.615. The van der Waals surface area contributed by atoms with Gasteiger partial charge in [-0.1, -0.05) is 27.7 Å². The third-order valence-corrected chi connectivity index (χ3v) is 2.58. The van der Waals surface area contributed by atoms with Gasteiger partial charge in [0.15, 0.2) is 0 Å². The molecule has 18 heavy (non-hydrogen) atoms. The number of ether oxygens (including phenoxy) is 1. The Labute approximate surface area is 107 Å². The highest BCUT2D eigenvalue weighted by molar-refractivity contribution is 5.92.